The summed E-state index contributed by atoms with van der Waals surface area (Å²) in [6.07, 6.45) is 1.52. The molecule has 8 heteroatoms. The molecular formula is C20H25ClN4O3. The predicted octanol–water partition coefficient (Wildman–Crippen LogP) is 2.74. The SMILES string of the molecule is CCNC(=NCCOc1ccccc1Cl)N1CCN(C(=O)c2ccco2)CC1. The Morgan fingerprint density at radius 1 is 1.18 bits per heavy atom. The van der Waals surface area contributed by atoms with Gasteiger partial charge in [-0.1, -0.05) is 23.7 Å². The van der Waals surface area contributed by atoms with E-state index in [2.05, 4.69) is 15.2 Å². The summed E-state index contributed by atoms with van der Waals surface area (Å²) >= 11 is 6.09. The number of halogens is 1. The van der Waals surface area contributed by atoms with Gasteiger partial charge in [0.1, 0.15) is 12.4 Å². The number of ether oxygens (including phenoxy) is 1. The number of guanidine groups is 1. The predicted molar refractivity (Wildman–Crippen MR) is 109 cm³/mol. The summed E-state index contributed by atoms with van der Waals surface area (Å²) in [7, 11) is 0. The van der Waals surface area contributed by atoms with Crippen LogP contribution < -0.4 is 10.1 Å². The summed E-state index contributed by atoms with van der Waals surface area (Å²) in [5.41, 5.74) is 0. The lowest BCUT2D eigenvalue weighted by atomic mass is 10.3. The fourth-order valence-electron chi connectivity index (χ4n) is 2.97. The maximum absolute atomic E-state index is 12.4. The molecule has 1 saturated heterocycles. The molecule has 2 aromatic rings. The minimum absolute atomic E-state index is 0.0697. The lowest BCUT2D eigenvalue weighted by Gasteiger charge is -2.36. The highest BCUT2D eigenvalue weighted by Gasteiger charge is 2.25. The monoisotopic (exact) mass is 404 g/mol. The Bertz CT molecular complexity index is 787. The molecule has 3 rings (SSSR count). The molecule has 150 valence electrons. The second-order valence-corrected chi connectivity index (χ2v) is 6.68. The molecule has 0 unspecified atom stereocenters. The molecule has 0 bridgehead atoms. The maximum Gasteiger partial charge on any atom is 0.289 e. The van der Waals surface area contributed by atoms with Crippen LogP contribution in [0.15, 0.2) is 52.1 Å². The van der Waals surface area contributed by atoms with E-state index in [0.29, 0.717) is 55.9 Å². The molecule has 1 fully saturated rings. The highest BCUT2D eigenvalue weighted by Crippen LogP contribution is 2.22. The number of rotatable bonds is 6. The van der Waals surface area contributed by atoms with E-state index in [1.165, 1.54) is 6.26 Å². The summed E-state index contributed by atoms with van der Waals surface area (Å²) in [6.45, 7) is 6.43. The average Bonchev–Trinajstić information content (AvgIpc) is 3.26. The maximum atomic E-state index is 12.4. The van der Waals surface area contributed by atoms with Crippen LogP contribution in [0.3, 0.4) is 0 Å². The van der Waals surface area contributed by atoms with E-state index < -0.39 is 0 Å². The number of furan rings is 1. The lowest BCUT2D eigenvalue weighted by Crippen LogP contribution is -2.53. The topological polar surface area (TPSA) is 70.3 Å². The van der Waals surface area contributed by atoms with Gasteiger partial charge in [-0.15, -0.1) is 0 Å². The van der Waals surface area contributed by atoms with Crippen molar-refractivity contribution in [1.82, 2.24) is 15.1 Å². The Labute approximate surface area is 169 Å². The molecule has 0 spiro atoms. The van der Waals surface area contributed by atoms with E-state index in [-0.39, 0.29) is 5.91 Å². The molecular weight excluding hydrogens is 380 g/mol. The number of hydrogen-bond donors (Lipinski definition) is 1. The van der Waals surface area contributed by atoms with Crippen molar-refractivity contribution in [3.05, 3.63) is 53.4 Å². The highest BCUT2D eigenvalue weighted by molar-refractivity contribution is 6.32. The third kappa shape index (κ3) is 5.19. The smallest absolute Gasteiger partial charge is 0.289 e. The third-order valence-electron chi connectivity index (χ3n) is 4.38. The van der Waals surface area contributed by atoms with Gasteiger partial charge in [-0.3, -0.25) is 4.79 Å². The van der Waals surface area contributed by atoms with Gasteiger partial charge in [-0.2, -0.15) is 0 Å². The molecule has 1 aromatic carbocycles. The van der Waals surface area contributed by atoms with Crippen LogP contribution in [0, 0.1) is 0 Å². The van der Waals surface area contributed by atoms with Crippen molar-refractivity contribution in [2.45, 2.75) is 6.92 Å². The van der Waals surface area contributed by atoms with Gasteiger partial charge in [-0.05, 0) is 31.2 Å². The molecule has 7 nitrogen and oxygen atoms in total. The van der Waals surface area contributed by atoms with Crippen LogP contribution in [0.1, 0.15) is 17.5 Å². The molecule has 0 radical (unpaired) electrons. The summed E-state index contributed by atoms with van der Waals surface area (Å²) in [5.74, 6) is 1.80. The van der Waals surface area contributed by atoms with Gasteiger partial charge in [0.15, 0.2) is 11.7 Å². The molecule has 0 saturated carbocycles. The van der Waals surface area contributed by atoms with E-state index in [1.54, 1.807) is 23.1 Å². The number of piperazine rings is 1. The molecule has 0 atom stereocenters. The van der Waals surface area contributed by atoms with Crippen molar-refractivity contribution in [3.63, 3.8) is 0 Å². The van der Waals surface area contributed by atoms with Crippen molar-refractivity contribution < 1.29 is 13.9 Å². The number of hydrogen-bond acceptors (Lipinski definition) is 4. The summed E-state index contributed by atoms with van der Waals surface area (Å²) < 4.78 is 10.9. The number of amides is 1. The first-order valence-electron chi connectivity index (χ1n) is 9.42. The Kier molecular flexibility index (Phi) is 7.19. The van der Waals surface area contributed by atoms with E-state index in [0.717, 1.165) is 12.5 Å². The highest BCUT2D eigenvalue weighted by atomic mass is 35.5. The summed E-state index contributed by atoms with van der Waals surface area (Å²) in [6, 6.07) is 10.8. The van der Waals surface area contributed by atoms with Crippen molar-refractivity contribution in [2.24, 2.45) is 4.99 Å². The zero-order valence-electron chi connectivity index (χ0n) is 15.9. The molecule has 28 heavy (non-hydrogen) atoms. The van der Waals surface area contributed by atoms with Crippen molar-refractivity contribution in [2.75, 3.05) is 45.9 Å². The minimum Gasteiger partial charge on any atom is -0.490 e. The molecule has 1 amide bonds. The number of nitrogens with one attached hydrogen (secondary N) is 1. The lowest BCUT2D eigenvalue weighted by molar-refractivity contribution is 0.0657. The van der Waals surface area contributed by atoms with Gasteiger partial charge >= 0.3 is 0 Å². The quantitative estimate of drug-likeness (QED) is 0.455. The van der Waals surface area contributed by atoms with E-state index in [4.69, 9.17) is 20.8 Å². The van der Waals surface area contributed by atoms with Crippen LogP contribution in [0.4, 0.5) is 0 Å². The van der Waals surface area contributed by atoms with Crippen LogP contribution in [-0.4, -0.2) is 67.5 Å². The van der Waals surface area contributed by atoms with E-state index in [9.17, 15) is 4.79 Å². The van der Waals surface area contributed by atoms with Crippen LogP contribution in [0.5, 0.6) is 5.75 Å². The first-order chi connectivity index (χ1) is 13.7. The number of aliphatic imine (C=N–C) groups is 1. The second-order valence-electron chi connectivity index (χ2n) is 6.27. The standard InChI is InChI=1S/C20H25ClN4O3/c1-2-22-20(23-9-15-28-17-7-4-3-6-16(17)21)25-12-10-24(11-13-25)19(26)18-8-5-14-27-18/h3-8,14H,2,9-13,15H2,1H3,(H,22,23). The number of benzene rings is 1. The second kappa shape index (κ2) is 10.0. The number of carbonyl (C=O) groups is 1. The molecule has 1 aliphatic heterocycles. The molecule has 1 aliphatic rings. The van der Waals surface area contributed by atoms with Gasteiger partial charge in [0.05, 0.1) is 17.8 Å². The van der Waals surface area contributed by atoms with Crippen LogP contribution in [0.2, 0.25) is 5.02 Å². The fourth-order valence-corrected chi connectivity index (χ4v) is 3.16. The Morgan fingerprint density at radius 2 is 1.93 bits per heavy atom. The number of carbonyl (C=O) groups excluding carboxylic acids is 1. The van der Waals surface area contributed by atoms with Crippen molar-refractivity contribution in [3.8, 4) is 5.75 Å². The first-order valence-corrected chi connectivity index (χ1v) is 9.80. The largest absolute Gasteiger partial charge is 0.490 e. The van der Waals surface area contributed by atoms with E-state index in [1.807, 2.05) is 25.1 Å². The Morgan fingerprint density at radius 3 is 2.61 bits per heavy atom. The molecule has 1 N–H and O–H groups in total. The minimum atomic E-state index is -0.0697. The fraction of sp³-hybridized carbons (Fsp3) is 0.400. The van der Waals surface area contributed by atoms with Gasteiger partial charge in [-0.25, -0.2) is 4.99 Å². The molecule has 0 aliphatic carbocycles. The van der Waals surface area contributed by atoms with Crippen LogP contribution >= 0.6 is 11.6 Å². The van der Waals surface area contributed by atoms with Gasteiger partial charge in [0, 0.05) is 32.7 Å². The summed E-state index contributed by atoms with van der Waals surface area (Å²) in [5, 5.41) is 3.90. The van der Waals surface area contributed by atoms with Gasteiger partial charge in [0.2, 0.25) is 0 Å². The van der Waals surface area contributed by atoms with Gasteiger partial charge in [0.25, 0.3) is 5.91 Å². The first kappa shape index (κ1) is 20.1. The Hall–Kier alpha value is -2.67. The third-order valence-corrected chi connectivity index (χ3v) is 4.69. The van der Waals surface area contributed by atoms with Crippen LogP contribution in [-0.2, 0) is 0 Å². The summed E-state index contributed by atoms with van der Waals surface area (Å²) in [4.78, 5) is 21.0. The van der Waals surface area contributed by atoms with Crippen molar-refractivity contribution >= 4 is 23.5 Å². The molecule has 1 aromatic heterocycles. The zero-order chi connectivity index (χ0) is 19.8. The average molecular weight is 405 g/mol. The zero-order valence-corrected chi connectivity index (χ0v) is 16.7. The van der Waals surface area contributed by atoms with Gasteiger partial charge < -0.3 is 24.3 Å². The Balaban J connectivity index is 1.50. The number of para-hydroxylation sites is 1. The van der Waals surface area contributed by atoms with Crippen LogP contribution in [0.25, 0.3) is 0 Å². The normalized spacial score (nSPS) is 14.9. The van der Waals surface area contributed by atoms with E-state index >= 15 is 0 Å². The van der Waals surface area contributed by atoms with Crippen molar-refractivity contribution in [1.29, 1.82) is 0 Å². The molecule has 2 heterocycles. The number of nitrogens with zero attached hydrogens (tertiary/aromatic N) is 3.